The molecule has 0 N–H and O–H groups in total. The van der Waals surface area contributed by atoms with Gasteiger partial charge in [0.05, 0.1) is 12.2 Å². The van der Waals surface area contributed by atoms with Crippen molar-refractivity contribution in [1.82, 2.24) is 14.8 Å². The maximum absolute atomic E-state index is 12.3. The SMILES string of the molecule is CC.CC(C)C(=O)N(C)Cc1cc(C(=O)N2CCCC2)ccn1. The number of hydrogen-bond acceptors (Lipinski definition) is 3. The Bertz CT molecular complexity index is 523. The number of carbonyl (C=O) groups excluding carboxylic acids is 2. The minimum absolute atomic E-state index is 0.0376. The fraction of sp³-hybridized carbons (Fsp3) is 0.611. The molecule has 1 aliphatic heterocycles. The van der Waals surface area contributed by atoms with Crippen molar-refractivity contribution in [2.45, 2.75) is 47.1 Å². The van der Waals surface area contributed by atoms with Crippen LogP contribution >= 0.6 is 0 Å². The number of aromatic nitrogens is 1. The Hall–Kier alpha value is -1.91. The molecule has 128 valence electrons. The number of rotatable bonds is 4. The molecule has 5 nitrogen and oxygen atoms in total. The Balaban J connectivity index is 0.00000127. The third kappa shape index (κ3) is 5.34. The number of hydrogen-bond donors (Lipinski definition) is 0. The summed E-state index contributed by atoms with van der Waals surface area (Å²) in [5, 5.41) is 0. The smallest absolute Gasteiger partial charge is 0.253 e. The van der Waals surface area contributed by atoms with E-state index in [2.05, 4.69) is 4.98 Å². The number of likely N-dealkylation sites (tertiary alicyclic amines) is 1. The van der Waals surface area contributed by atoms with Crippen LogP contribution in [-0.4, -0.2) is 46.7 Å². The molecule has 0 unspecified atom stereocenters. The van der Waals surface area contributed by atoms with Gasteiger partial charge in [-0.1, -0.05) is 27.7 Å². The van der Waals surface area contributed by atoms with Crippen LogP contribution in [0.15, 0.2) is 18.3 Å². The van der Waals surface area contributed by atoms with Crippen LogP contribution in [0.2, 0.25) is 0 Å². The maximum atomic E-state index is 12.3. The van der Waals surface area contributed by atoms with Crippen LogP contribution in [0.25, 0.3) is 0 Å². The first-order chi connectivity index (χ1) is 11.0. The zero-order valence-electron chi connectivity index (χ0n) is 15.0. The first-order valence-corrected chi connectivity index (χ1v) is 8.48. The van der Waals surface area contributed by atoms with Crippen LogP contribution in [-0.2, 0) is 11.3 Å². The summed E-state index contributed by atoms with van der Waals surface area (Å²) in [5.41, 5.74) is 1.41. The van der Waals surface area contributed by atoms with E-state index < -0.39 is 0 Å². The second-order valence-electron chi connectivity index (χ2n) is 5.88. The summed E-state index contributed by atoms with van der Waals surface area (Å²) in [6.07, 6.45) is 3.80. The predicted molar refractivity (Wildman–Crippen MR) is 92.0 cm³/mol. The first kappa shape index (κ1) is 19.1. The number of pyridine rings is 1. The molecule has 2 amide bonds. The zero-order valence-corrected chi connectivity index (χ0v) is 15.0. The Morgan fingerprint density at radius 1 is 1.26 bits per heavy atom. The topological polar surface area (TPSA) is 53.5 Å². The van der Waals surface area contributed by atoms with Gasteiger partial charge in [-0.05, 0) is 25.0 Å². The molecule has 1 aromatic heterocycles. The molecule has 0 aliphatic carbocycles. The summed E-state index contributed by atoms with van der Waals surface area (Å²) in [7, 11) is 1.76. The van der Waals surface area contributed by atoms with Gasteiger partial charge in [0.1, 0.15) is 0 Å². The third-order valence-electron chi connectivity index (χ3n) is 3.73. The molecular weight excluding hydrogens is 290 g/mol. The highest BCUT2D eigenvalue weighted by molar-refractivity contribution is 5.94. The van der Waals surface area contributed by atoms with Gasteiger partial charge in [0, 0.05) is 37.8 Å². The van der Waals surface area contributed by atoms with Crippen LogP contribution in [0.3, 0.4) is 0 Å². The van der Waals surface area contributed by atoms with Crippen molar-refractivity contribution in [1.29, 1.82) is 0 Å². The van der Waals surface area contributed by atoms with Crippen molar-refractivity contribution in [3.8, 4) is 0 Å². The van der Waals surface area contributed by atoms with Crippen LogP contribution < -0.4 is 0 Å². The lowest BCUT2D eigenvalue weighted by Gasteiger charge is -2.20. The molecule has 0 aromatic carbocycles. The quantitative estimate of drug-likeness (QED) is 0.857. The van der Waals surface area contributed by atoms with E-state index >= 15 is 0 Å². The summed E-state index contributed by atoms with van der Waals surface area (Å²) < 4.78 is 0. The van der Waals surface area contributed by atoms with Crippen molar-refractivity contribution in [2.24, 2.45) is 5.92 Å². The van der Waals surface area contributed by atoms with E-state index in [1.807, 2.05) is 32.6 Å². The molecule has 2 heterocycles. The molecule has 0 atom stereocenters. The Morgan fingerprint density at radius 2 is 1.87 bits per heavy atom. The summed E-state index contributed by atoms with van der Waals surface area (Å²) >= 11 is 0. The average Bonchev–Trinajstić information content (AvgIpc) is 3.09. The van der Waals surface area contributed by atoms with Crippen LogP contribution in [0.4, 0.5) is 0 Å². The first-order valence-electron chi connectivity index (χ1n) is 8.48. The Kier molecular flexibility index (Phi) is 7.72. The zero-order chi connectivity index (χ0) is 17.4. The van der Waals surface area contributed by atoms with Gasteiger partial charge < -0.3 is 9.80 Å². The molecule has 1 fully saturated rings. The highest BCUT2D eigenvalue weighted by atomic mass is 16.2. The summed E-state index contributed by atoms with van der Waals surface area (Å²) in [4.78, 5) is 32.0. The monoisotopic (exact) mass is 319 g/mol. The standard InChI is InChI=1S/C16H23N3O2.C2H6/c1-12(2)15(20)18(3)11-14-10-13(6-7-17-14)16(21)19-8-4-5-9-19;1-2/h6-7,10,12H,4-5,8-9,11H2,1-3H3;1-2H3. The fourth-order valence-electron chi connectivity index (χ4n) is 2.56. The average molecular weight is 319 g/mol. The van der Waals surface area contributed by atoms with Crippen LogP contribution in [0, 0.1) is 5.92 Å². The van der Waals surface area contributed by atoms with E-state index in [1.165, 1.54) is 0 Å². The Morgan fingerprint density at radius 3 is 2.43 bits per heavy atom. The molecule has 1 aromatic rings. The van der Waals surface area contributed by atoms with E-state index in [0.717, 1.165) is 31.6 Å². The van der Waals surface area contributed by atoms with E-state index in [0.29, 0.717) is 12.1 Å². The van der Waals surface area contributed by atoms with Gasteiger partial charge >= 0.3 is 0 Å². The van der Waals surface area contributed by atoms with Gasteiger partial charge in [-0.3, -0.25) is 14.6 Å². The van der Waals surface area contributed by atoms with Crippen LogP contribution in [0.5, 0.6) is 0 Å². The largest absolute Gasteiger partial charge is 0.340 e. The lowest BCUT2D eigenvalue weighted by Crippen LogP contribution is -2.31. The van der Waals surface area contributed by atoms with Gasteiger partial charge in [-0.15, -0.1) is 0 Å². The molecular formula is C18H29N3O2. The molecule has 0 saturated carbocycles. The summed E-state index contributed by atoms with van der Waals surface area (Å²) in [6, 6.07) is 3.54. The van der Waals surface area contributed by atoms with Gasteiger partial charge in [0.25, 0.3) is 5.91 Å². The number of amides is 2. The van der Waals surface area contributed by atoms with Crippen molar-refractivity contribution in [3.05, 3.63) is 29.6 Å². The lowest BCUT2D eigenvalue weighted by molar-refractivity contribution is -0.133. The summed E-state index contributed by atoms with van der Waals surface area (Å²) in [6.45, 7) is 9.85. The second kappa shape index (κ2) is 9.28. The van der Waals surface area contributed by atoms with Gasteiger partial charge in [0.2, 0.25) is 5.91 Å². The maximum Gasteiger partial charge on any atom is 0.253 e. The molecule has 23 heavy (non-hydrogen) atoms. The molecule has 0 spiro atoms. The number of nitrogens with zero attached hydrogens (tertiary/aromatic N) is 3. The molecule has 0 radical (unpaired) electrons. The highest BCUT2D eigenvalue weighted by Gasteiger charge is 2.20. The van der Waals surface area contributed by atoms with E-state index in [1.54, 1.807) is 30.3 Å². The van der Waals surface area contributed by atoms with Crippen molar-refractivity contribution < 1.29 is 9.59 Å². The van der Waals surface area contributed by atoms with E-state index in [9.17, 15) is 9.59 Å². The van der Waals surface area contributed by atoms with Gasteiger partial charge in [-0.25, -0.2) is 0 Å². The van der Waals surface area contributed by atoms with Gasteiger partial charge in [0.15, 0.2) is 0 Å². The van der Waals surface area contributed by atoms with Crippen LogP contribution in [0.1, 0.15) is 56.6 Å². The minimum Gasteiger partial charge on any atom is -0.340 e. The summed E-state index contributed by atoms with van der Waals surface area (Å²) in [5.74, 6) is 0.103. The molecule has 2 rings (SSSR count). The fourth-order valence-corrected chi connectivity index (χ4v) is 2.56. The minimum atomic E-state index is -0.0376. The normalized spacial score (nSPS) is 13.6. The van der Waals surface area contributed by atoms with Crippen molar-refractivity contribution in [2.75, 3.05) is 20.1 Å². The molecule has 1 aliphatic rings. The Labute approximate surface area is 139 Å². The van der Waals surface area contributed by atoms with Crippen molar-refractivity contribution >= 4 is 11.8 Å². The molecule has 5 heteroatoms. The van der Waals surface area contributed by atoms with E-state index in [4.69, 9.17) is 0 Å². The van der Waals surface area contributed by atoms with Crippen molar-refractivity contribution in [3.63, 3.8) is 0 Å². The third-order valence-corrected chi connectivity index (χ3v) is 3.73. The van der Waals surface area contributed by atoms with Gasteiger partial charge in [-0.2, -0.15) is 0 Å². The highest BCUT2D eigenvalue weighted by Crippen LogP contribution is 2.14. The molecule has 1 saturated heterocycles. The predicted octanol–water partition coefficient (Wildman–Crippen LogP) is 2.96. The lowest BCUT2D eigenvalue weighted by atomic mass is 10.1. The second-order valence-corrected chi connectivity index (χ2v) is 5.88. The van der Waals surface area contributed by atoms with E-state index in [-0.39, 0.29) is 17.7 Å². The molecule has 0 bridgehead atoms. The number of carbonyl (C=O) groups is 2.